The van der Waals surface area contributed by atoms with Gasteiger partial charge in [0.25, 0.3) is 0 Å². The van der Waals surface area contributed by atoms with Gasteiger partial charge in [0.15, 0.2) is 0 Å². The van der Waals surface area contributed by atoms with Gasteiger partial charge < -0.3 is 4.74 Å². The van der Waals surface area contributed by atoms with E-state index in [1.54, 1.807) is 0 Å². The average Bonchev–Trinajstić information content (AvgIpc) is 2.25. The van der Waals surface area contributed by atoms with Crippen molar-refractivity contribution in [2.45, 2.75) is 19.3 Å². The normalized spacial score (nSPS) is 10.4. The standard InChI is InChI=1S/C11H16BrNO/c12-7-2-4-9-14-10-6-11-5-1-3-8-13-11/h1,3,5,8H,2,4,6-7,9-10H2. The van der Waals surface area contributed by atoms with Gasteiger partial charge in [-0.1, -0.05) is 22.0 Å². The molecule has 0 aliphatic rings. The molecule has 0 N–H and O–H groups in total. The third kappa shape index (κ3) is 5.35. The lowest BCUT2D eigenvalue weighted by atomic mass is 10.3. The van der Waals surface area contributed by atoms with Crippen LogP contribution in [0.2, 0.25) is 0 Å². The largest absolute Gasteiger partial charge is 0.381 e. The third-order valence-electron chi connectivity index (χ3n) is 1.90. The van der Waals surface area contributed by atoms with E-state index in [9.17, 15) is 0 Å². The first-order valence-corrected chi connectivity index (χ1v) is 6.09. The maximum Gasteiger partial charge on any atom is 0.0521 e. The second-order valence-corrected chi connectivity index (χ2v) is 3.87. The quantitative estimate of drug-likeness (QED) is 0.554. The van der Waals surface area contributed by atoms with Crippen LogP contribution < -0.4 is 0 Å². The Labute approximate surface area is 93.8 Å². The molecule has 78 valence electrons. The molecule has 0 atom stereocenters. The van der Waals surface area contributed by atoms with Crippen molar-refractivity contribution < 1.29 is 4.74 Å². The molecule has 0 radical (unpaired) electrons. The fourth-order valence-electron chi connectivity index (χ4n) is 1.12. The highest BCUT2D eigenvalue weighted by Crippen LogP contribution is 1.97. The molecule has 14 heavy (non-hydrogen) atoms. The number of unbranched alkanes of at least 4 members (excludes halogenated alkanes) is 1. The highest BCUT2D eigenvalue weighted by molar-refractivity contribution is 9.09. The van der Waals surface area contributed by atoms with Gasteiger partial charge in [-0.15, -0.1) is 0 Å². The Morgan fingerprint density at radius 3 is 2.86 bits per heavy atom. The van der Waals surface area contributed by atoms with Gasteiger partial charge in [0.05, 0.1) is 6.61 Å². The van der Waals surface area contributed by atoms with Crippen molar-refractivity contribution >= 4 is 15.9 Å². The van der Waals surface area contributed by atoms with Gasteiger partial charge in [0, 0.05) is 30.2 Å². The summed E-state index contributed by atoms with van der Waals surface area (Å²) in [6.07, 6.45) is 5.05. The monoisotopic (exact) mass is 257 g/mol. The fraction of sp³-hybridized carbons (Fsp3) is 0.545. The molecule has 3 heteroatoms. The highest BCUT2D eigenvalue weighted by Gasteiger charge is 1.93. The molecule has 0 aliphatic heterocycles. The molecule has 2 nitrogen and oxygen atoms in total. The van der Waals surface area contributed by atoms with Crippen LogP contribution in [0.25, 0.3) is 0 Å². The van der Waals surface area contributed by atoms with Crippen LogP contribution >= 0.6 is 15.9 Å². The number of aromatic nitrogens is 1. The Morgan fingerprint density at radius 1 is 1.21 bits per heavy atom. The highest BCUT2D eigenvalue weighted by atomic mass is 79.9. The number of hydrogen-bond donors (Lipinski definition) is 0. The number of alkyl halides is 1. The van der Waals surface area contributed by atoms with E-state index in [-0.39, 0.29) is 0 Å². The molecule has 0 unspecified atom stereocenters. The Hall–Kier alpha value is -0.410. The molecule has 0 saturated heterocycles. The van der Waals surface area contributed by atoms with Crippen LogP contribution in [0, 0.1) is 0 Å². The van der Waals surface area contributed by atoms with E-state index in [4.69, 9.17) is 4.74 Å². The summed E-state index contributed by atoms with van der Waals surface area (Å²) in [6, 6.07) is 5.97. The van der Waals surface area contributed by atoms with Crippen LogP contribution in [0.3, 0.4) is 0 Å². The number of hydrogen-bond acceptors (Lipinski definition) is 2. The van der Waals surface area contributed by atoms with Gasteiger partial charge in [-0.25, -0.2) is 0 Å². The molecule has 1 aromatic rings. The van der Waals surface area contributed by atoms with E-state index in [0.29, 0.717) is 0 Å². The van der Waals surface area contributed by atoms with Gasteiger partial charge in [-0.2, -0.15) is 0 Å². The van der Waals surface area contributed by atoms with Crippen LogP contribution in [0.15, 0.2) is 24.4 Å². The zero-order valence-electron chi connectivity index (χ0n) is 8.29. The molecule has 0 bridgehead atoms. The van der Waals surface area contributed by atoms with E-state index >= 15 is 0 Å². The van der Waals surface area contributed by atoms with Crippen molar-refractivity contribution in [2.24, 2.45) is 0 Å². The molecular formula is C11H16BrNO. The van der Waals surface area contributed by atoms with Crippen molar-refractivity contribution in [1.82, 2.24) is 4.98 Å². The number of halogens is 1. The topological polar surface area (TPSA) is 22.1 Å². The predicted molar refractivity (Wildman–Crippen MR) is 61.8 cm³/mol. The first-order chi connectivity index (χ1) is 6.93. The van der Waals surface area contributed by atoms with E-state index in [2.05, 4.69) is 20.9 Å². The van der Waals surface area contributed by atoms with Crippen LogP contribution in [0.4, 0.5) is 0 Å². The first-order valence-electron chi connectivity index (χ1n) is 4.97. The summed E-state index contributed by atoms with van der Waals surface area (Å²) in [5, 5.41) is 1.07. The fourth-order valence-corrected chi connectivity index (χ4v) is 1.52. The van der Waals surface area contributed by atoms with Gasteiger partial charge in [-0.05, 0) is 25.0 Å². The first kappa shape index (κ1) is 11.7. The summed E-state index contributed by atoms with van der Waals surface area (Å²) in [5.74, 6) is 0. The number of ether oxygens (including phenoxy) is 1. The number of pyridine rings is 1. The van der Waals surface area contributed by atoms with Crippen LogP contribution in [-0.2, 0) is 11.2 Å². The molecule has 0 aliphatic carbocycles. The smallest absolute Gasteiger partial charge is 0.0521 e. The maximum atomic E-state index is 5.48. The summed E-state index contributed by atoms with van der Waals surface area (Å²) in [7, 11) is 0. The summed E-state index contributed by atoms with van der Waals surface area (Å²) >= 11 is 3.39. The molecule has 0 aromatic carbocycles. The number of rotatable bonds is 7. The van der Waals surface area contributed by atoms with Crippen molar-refractivity contribution in [3.8, 4) is 0 Å². The molecule has 0 spiro atoms. The Kier molecular flexibility index (Phi) is 6.62. The summed E-state index contributed by atoms with van der Waals surface area (Å²) in [5.41, 5.74) is 1.10. The Morgan fingerprint density at radius 2 is 2.14 bits per heavy atom. The minimum Gasteiger partial charge on any atom is -0.381 e. The zero-order chi connectivity index (χ0) is 10.1. The summed E-state index contributed by atoms with van der Waals surface area (Å²) < 4.78 is 5.48. The summed E-state index contributed by atoms with van der Waals surface area (Å²) in [4.78, 5) is 4.23. The minimum atomic E-state index is 0.777. The van der Waals surface area contributed by atoms with E-state index < -0.39 is 0 Å². The average molecular weight is 258 g/mol. The predicted octanol–water partition coefficient (Wildman–Crippen LogP) is 2.82. The minimum absolute atomic E-state index is 0.777. The lowest BCUT2D eigenvalue weighted by molar-refractivity contribution is 0.134. The molecule has 0 saturated carbocycles. The van der Waals surface area contributed by atoms with Gasteiger partial charge in [0.1, 0.15) is 0 Å². The lowest BCUT2D eigenvalue weighted by Gasteiger charge is -2.02. The third-order valence-corrected chi connectivity index (χ3v) is 2.46. The van der Waals surface area contributed by atoms with Crippen LogP contribution in [0.1, 0.15) is 18.5 Å². The van der Waals surface area contributed by atoms with Gasteiger partial charge >= 0.3 is 0 Å². The SMILES string of the molecule is BrCCCCOCCc1ccccn1. The van der Waals surface area contributed by atoms with Crippen LogP contribution in [-0.4, -0.2) is 23.5 Å². The van der Waals surface area contributed by atoms with Crippen molar-refractivity contribution in [3.05, 3.63) is 30.1 Å². The summed E-state index contributed by atoms with van der Waals surface area (Å²) in [6.45, 7) is 1.64. The van der Waals surface area contributed by atoms with Gasteiger partial charge in [0.2, 0.25) is 0 Å². The van der Waals surface area contributed by atoms with Crippen molar-refractivity contribution in [3.63, 3.8) is 0 Å². The molecule has 1 heterocycles. The van der Waals surface area contributed by atoms with Crippen molar-refractivity contribution in [1.29, 1.82) is 0 Å². The van der Waals surface area contributed by atoms with Gasteiger partial charge in [-0.3, -0.25) is 4.98 Å². The van der Waals surface area contributed by atoms with Crippen molar-refractivity contribution in [2.75, 3.05) is 18.5 Å². The van der Waals surface area contributed by atoms with E-state index in [1.807, 2.05) is 24.4 Å². The van der Waals surface area contributed by atoms with E-state index in [0.717, 1.165) is 37.1 Å². The zero-order valence-corrected chi connectivity index (χ0v) is 9.87. The molecule has 1 rings (SSSR count). The molecule has 0 amide bonds. The Bertz CT molecular complexity index is 228. The second-order valence-electron chi connectivity index (χ2n) is 3.08. The molecule has 0 fully saturated rings. The molecular weight excluding hydrogens is 242 g/mol. The van der Waals surface area contributed by atoms with Crippen LogP contribution in [0.5, 0.6) is 0 Å². The Balaban J connectivity index is 1.99. The number of nitrogens with zero attached hydrogens (tertiary/aromatic N) is 1. The maximum absolute atomic E-state index is 5.48. The lowest BCUT2D eigenvalue weighted by Crippen LogP contribution is -2.01. The second kappa shape index (κ2) is 7.94. The molecule has 1 aromatic heterocycles. The van der Waals surface area contributed by atoms with E-state index in [1.165, 1.54) is 6.42 Å².